The number of aromatic amines is 2. The SMILES string of the molecule is S=c1[nH][nH]c(=S)s1. The highest BCUT2D eigenvalue weighted by Gasteiger charge is 1.74. The van der Waals surface area contributed by atoms with E-state index in [4.69, 9.17) is 24.4 Å². The Labute approximate surface area is 54.2 Å². The summed E-state index contributed by atoms with van der Waals surface area (Å²) in [5, 5.41) is 5.34. The summed E-state index contributed by atoms with van der Waals surface area (Å²) in [6, 6.07) is 0. The first-order valence-electron chi connectivity index (χ1n) is 1.57. The van der Waals surface area contributed by atoms with Gasteiger partial charge in [0, 0.05) is 0 Å². The molecule has 0 bridgehead atoms. The molecule has 2 nitrogen and oxygen atoms in total. The molecule has 0 aromatic carbocycles. The summed E-state index contributed by atoms with van der Waals surface area (Å²) in [4.78, 5) is 0. The van der Waals surface area contributed by atoms with Crippen LogP contribution in [-0.2, 0) is 0 Å². The molecule has 0 spiro atoms. The second kappa shape index (κ2) is 1.85. The molecule has 1 heterocycles. The lowest BCUT2D eigenvalue weighted by atomic mass is 11.6. The second-order valence-corrected chi connectivity index (χ2v) is 3.28. The predicted octanol–water partition coefficient (Wildman–Crippen LogP) is 1.86. The van der Waals surface area contributed by atoms with E-state index in [1.807, 2.05) is 0 Å². The first-order valence-corrected chi connectivity index (χ1v) is 3.20. The summed E-state index contributed by atoms with van der Waals surface area (Å²) in [6.07, 6.45) is 0. The van der Waals surface area contributed by atoms with Crippen LogP contribution in [0.5, 0.6) is 0 Å². The van der Waals surface area contributed by atoms with E-state index in [-0.39, 0.29) is 0 Å². The number of hydrogen-bond donors (Lipinski definition) is 2. The summed E-state index contributed by atoms with van der Waals surface area (Å²) in [5.74, 6) is 0. The highest BCUT2D eigenvalue weighted by molar-refractivity contribution is 7.75. The zero-order valence-corrected chi connectivity index (χ0v) is 5.67. The predicted molar refractivity (Wildman–Crippen MR) is 34.7 cm³/mol. The van der Waals surface area contributed by atoms with Crippen molar-refractivity contribution < 1.29 is 0 Å². The lowest BCUT2D eigenvalue weighted by Crippen LogP contribution is -1.60. The van der Waals surface area contributed by atoms with Gasteiger partial charge in [0.15, 0.2) is 7.91 Å². The standard InChI is InChI=1S/C2H2N2S3/c5-1-3-4-2(6)7-1/h(H,3,5)(H,4,6). The van der Waals surface area contributed by atoms with E-state index in [9.17, 15) is 0 Å². The zero-order chi connectivity index (χ0) is 5.28. The van der Waals surface area contributed by atoms with Gasteiger partial charge in [-0.15, -0.1) is 0 Å². The number of nitrogens with one attached hydrogen (secondary N) is 2. The molecule has 0 aliphatic carbocycles. The molecule has 0 amide bonds. The van der Waals surface area contributed by atoms with Crippen molar-refractivity contribution in [3.63, 3.8) is 0 Å². The maximum absolute atomic E-state index is 4.70. The van der Waals surface area contributed by atoms with Gasteiger partial charge in [0.1, 0.15) is 0 Å². The van der Waals surface area contributed by atoms with E-state index in [1.165, 1.54) is 11.3 Å². The molecule has 0 saturated heterocycles. The first-order chi connectivity index (χ1) is 3.29. The third-order valence-corrected chi connectivity index (χ3v) is 1.73. The molecule has 1 aromatic rings. The maximum Gasteiger partial charge on any atom is 0.175 e. The van der Waals surface area contributed by atoms with Crippen molar-refractivity contribution in [2.75, 3.05) is 0 Å². The van der Waals surface area contributed by atoms with Gasteiger partial charge in [-0.25, -0.2) is 0 Å². The number of rotatable bonds is 0. The fraction of sp³-hybridized carbons (Fsp3) is 0. The highest BCUT2D eigenvalue weighted by Crippen LogP contribution is 1.94. The molecule has 0 unspecified atom stereocenters. The van der Waals surface area contributed by atoms with E-state index >= 15 is 0 Å². The van der Waals surface area contributed by atoms with Crippen LogP contribution in [0.1, 0.15) is 0 Å². The smallest absolute Gasteiger partial charge is 0.175 e. The van der Waals surface area contributed by atoms with Crippen molar-refractivity contribution in [2.24, 2.45) is 0 Å². The van der Waals surface area contributed by atoms with Crippen molar-refractivity contribution in [3.05, 3.63) is 7.91 Å². The van der Waals surface area contributed by atoms with E-state index in [1.54, 1.807) is 0 Å². The Hall–Kier alpha value is -0.0000000000000000555. The van der Waals surface area contributed by atoms with Crippen molar-refractivity contribution in [1.82, 2.24) is 10.2 Å². The van der Waals surface area contributed by atoms with Gasteiger partial charge in [0.25, 0.3) is 0 Å². The van der Waals surface area contributed by atoms with Crippen LogP contribution >= 0.6 is 35.8 Å². The Morgan fingerprint density at radius 3 is 1.71 bits per heavy atom. The molecule has 0 saturated carbocycles. The van der Waals surface area contributed by atoms with E-state index < -0.39 is 0 Å². The Balaban J connectivity index is 3.59. The van der Waals surface area contributed by atoms with Crippen LogP contribution in [0.15, 0.2) is 0 Å². The van der Waals surface area contributed by atoms with E-state index in [0.717, 1.165) is 0 Å². The Morgan fingerprint density at radius 2 is 1.57 bits per heavy atom. The summed E-state index contributed by atoms with van der Waals surface area (Å²) < 4.78 is 1.40. The second-order valence-electron chi connectivity index (χ2n) is 0.927. The molecule has 7 heavy (non-hydrogen) atoms. The Morgan fingerprint density at radius 1 is 1.14 bits per heavy atom. The molecular weight excluding hydrogens is 148 g/mol. The molecule has 1 rings (SSSR count). The minimum absolute atomic E-state index is 0.699. The van der Waals surface area contributed by atoms with Crippen LogP contribution in [0.3, 0.4) is 0 Å². The highest BCUT2D eigenvalue weighted by atomic mass is 32.2. The van der Waals surface area contributed by atoms with Crippen LogP contribution in [0, 0.1) is 7.91 Å². The molecule has 1 aromatic heterocycles. The molecule has 0 atom stereocenters. The minimum atomic E-state index is 0.699. The molecule has 5 heteroatoms. The van der Waals surface area contributed by atoms with Gasteiger partial charge in [-0.1, -0.05) is 11.3 Å². The van der Waals surface area contributed by atoms with Crippen LogP contribution in [0.4, 0.5) is 0 Å². The first kappa shape index (κ1) is 5.14. The van der Waals surface area contributed by atoms with Crippen LogP contribution in [0.2, 0.25) is 0 Å². The van der Waals surface area contributed by atoms with Crippen molar-refractivity contribution in [1.29, 1.82) is 0 Å². The quantitative estimate of drug-likeness (QED) is 0.553. The van der Waals surface area contributed by atoms with Crippen molar-refractivity contribution >= 4 is 35.8 Å². The van der Waals surface area contributed by atoms with E-state index in [2.05, 4.69) is 10.2 Å². The Kier molecular flexibility index (Phi) is 1.36. The molecule has 0 aliphatic heterocycles. The van der Waals surface area contributed by atoms with Crippen molar-refractivity contribution in [2.45, 2.75) is 0 Å². The molecular formula is C2H2N2S3. The third-order valence-electron chi connectivity index (χ3n) is 0.452. The van der Waals surface area contributed by atoms with Gasteiger partial charge < -0.3 is 0 Å². The van der Waals surface area contributed by atoms with Gasteiger partial charge in [-0.3, -0.25) is 10.2 Å². The summed E-state index contributed by atoms with van der Waals surface area (Å²) in [7, 11) is 0. The van der Waals surface area contributed by atoms with Crippen LogP contribution < -0.4 is 0 Å². The fourth-order valence-electron chi connectivity index (χ4n) is 0.237. The van der Waals surface area contributed by atoms with Crippen LogP contribution in [0.25, 0.3) is 0 Å². The van der Waals surface area contributed by atoms with Gasteiger partial charge in [-0.05, 0) is 24.4 Å². The Bertz CT molecular complexity index is 215. The number of aromatic nitrogens is 2. The average Bonchev–Trinajstić information content (AvgIpc) is 1.87. The molecule has 0 aliphatic rings. The van der Waals surface area contributed by atoms with Gasteiger partial charge in [0.2, 0.25) is 0 Å². The molecule has 0 radical (unpaired) electrons. The average molecular weight is 150 g/mol. The minimum Gasteiger partial charge on any atom is -0.281 e. The summed E-state index contributed by atoms with van der Waals surface area (Å²) in [6.45, 7) is 0. The third kappa shape index (κ3) is 1.19. The largest absolute Gasteiger partial charge is 0.281 e. The topological polar surface area (TPSA) is 31.6 Å². The molecule has 0 fully saturated rings. The number of hydrogen-bond acceptors (Lipinski definition) is 3. The van der Waals surface area contributed by atoms with Gasteiger partial charge >= 0.3 is 0 Å². The lowest BCUT2D eigenvalue weighted by Gasteiger charge is -1.57. The zero-order valence-electron chi connectivity index (χ0n) is 3.22. The lowest BCUT2D eigenvalue weighted by molar-refractivity contribution is 1.07. The monoisotopic (exact) mass is 150 g/mol. The summed E-state index contributed by atoms with van der Waals surface area (Å²) >= 11 is 10.8. The fourth-order valence-corrected chi connectivity index (χ4v) is 1.37. The van der Waals surface area contributed by atoms with Crippen molar-refractivity contribution in [3.8, 4) is 0 Å². The number of H-pyrrole nitrogens is 2. The van der Waals surface area contributed by atoms with Gasteiger partial charge in [-0.2, -0.15) is 0 Å². The molecule has 2 N–H and O–H groups in total. The summed E-state index contributed by atoms with van der Waals surface area (Å²) in [5.41, 5.74) is 0. The normalized spacial score (nSPS) is 9.14. The molecule has 38 valence electrons. The maximum atomic E-state index is 4.70. The van der Waals surface area contributed by atoms with Crippen LogP contribution in [-0.4, -0.2) is 10.2 Å². The van der Waals surface area contributed by atoms with E-state index in [0.29, 0.717) is 7.91 Å². The van der Waals surface area contributed by atoms with Gasteiger partial charge in [0.05, 0.1) is 0 Å².